The quantitative estimate of drug-likeness (QED) is 0.222. The van der Waals surface area contributed by atoms with Crippen LogP contribution >= 0.6 is 28.1 Å². The molecule has 1 aromatic heterocycles. The van der Waals surface area contributed by atoms with E-state index in [1.165, 1.54) is 6.07 Å². The van der Waals surface area contributed by atoms with Gasteiger partial charge in [0.1, 0.15) is 5.82 Å². The number of aryl methyl sites for hydroxylation is 2. The van der Waals surface area contributed by atoms with E-state index in [1.807, 2.05) is 44.2 Å². The zero-order valence-electron chi connectivity index (χ0n) is 17.4. The summed E-state index contributed by atoms with van der Waals surface area (Å²) in [6, 6.07) is 18.0. The highest BCUT2D eigenvalue weighted by Crippen LogP contribution is 2.40. The molecule has 0 unspecified atom stereocenters. The molecule has 0 radical (unpaired) electrons. The summed E-state index contributed by atoms with van der Waals surface area (Å²) in [6.07, 6.45) is 0. The van der Waals surface area contributed by atoms with Gasteiger partial charge in [-0.05, 0) is 73.6 Å². The summed E-state index contributed by atoms with van der Waals surface area (Å²) in [7, 11) is 0. The summed E-state index contributed by atoms with van der Waals surface area (Å²) in [6.45, 7) is 4.16. The second-order valence-electron chi connectivity index (χ2n) is 7.52. The standard InChI is InChI=1S/C24H20BrFN4OS/c1-14-9-15(2)11-18(10-14)27-24(32)29-28-22-19-12-17(25)7-8-21(19)30(23(22)31)13-16-5-3-4-6-20(16)26/h3-12,31H,13H2,1-2H3,(H,27,32). The number of halogens is 2. The Labute approximate surface area is 198 Å². The Hall–Kier alpha value is -3.10. The van der Waals surface area contributed by atoms with E-state index in [0.717, 1.165) is 21.3 Å². The molecular formula is C24H20BrFN4OS. The highest BCUT2D eigenvalue weighted by molar-refractivity contribution is 9.10. The van der Waals surface area contributed by atoms with Gasteiger partial charge in [-0.25, -0.2) is 4.39 Å². The van der Waals surface area contributed by atoms with Gasteiger partial charge in [-0.15, -0.1) is 10.2 Å². The predicted octanol–water partition coefficient (Wildman–Crippen LogP) is 7.39. The number of azo groups is 1. The Balaban J connectivity index is 1.69. The molecule has 0 spiro atoms. The number of nitrogens with one attached hydrogen (secondary N) is 1. The van der Waals surface area contributed by atoms with Crippen LogP contribution in [-0.4, -0.2) is 14.8 Å². The van der Waals surface area contributed by atoms with Gasteiger partial charge in [-0.3, -0.25) is 0 Å². The first-order valence-corrected chi connectivity index (χ1v) is 11.1. The molecule has 1 heterocycles. The van der Waals surface area contributed by atoms with Crippen molar-refractivity contribution < 1.29 is 9.50 Å². The van der Waals surface area contributed by atoms with Crippen LogP contribution in [-0.2, 0) is 6.54 Å². The minimum atomic E-state index is -0.340. The van der Waals surface area contributed by atoms with E-state index in [0.29, 0.717) is 16.5 Å². The van der Waals surface area contributed by atoms with Gasteiger partial charge in [0.2, 0.25) is 11.0 Å². The topological polar surface area (TPSA) is 61.9 Å². The Kier molecular flexibility index (Phi) is 6.34. The minimum Gasteiger partial charge on any atom is -0.493 e. The maximum atomic E-state index is 14.2. The average molecular weight is 511 g/mol. The third-order valence-corrected chi connectivity index (χ3v) is 5.65. The molecule has 8 heteroatoms. The van der Waals surface area contributed by atoms with Crippen LogP contribution in [0.15, 0.2) is 75.4 Å². The summed E-state index contributed by atoms with van der Waals surface area (Å²) in [5.41, 5.74) is 4.45. The maximum absolute atomic E-state index is 14.2. The maximum Gasteiger partial charge on any atom is 0.221 e. The van der Waals surface area contributed by atoms with Crippen molar-refractivity contribution in [1.82, 2.24) is 4.57 Å². The molecule has 162 valence electrons. The number of rotatable bonds is 4. The van der Waals surface area contributed by atoms with Gasteiger partial charge in [0.25, 0.3) is 0 Å². The number of anilines is 1. The largest absolute Gasteiger partial charge is 0.493 e. The van der Waals surface area contributed by atoms with Crippen LogP contribution in [0.3, 0.4) is 0 Å². The van der Waals surface area contributed by atoms with E-state index >= 15 is 0 Å². The molecule has 0 amide bonds. The monoisotopic (exact) mass is 510 g/mol. The van der Waals surface area contributed by atoms with Gasteiger partial charge < -0.3 is 15.0 Å². The second kappa shape index (κ2) is 9.18. The number of fused-ring (bicyclic) bond motifs is 1. The smallest absolute Gasteiger partial charge is 0.221 e. The fourth-order valence-electron chi connectivity index (χ4n) is 3.64. The Bertz CT molecular complexity index is 1350. The molecule has 5 nitrogen and oxygen atoms in total. The summed E-state index contributed by atoms with van der Waals surface area (Å²) in [5.74, 6) is -0.452. The lowest BCUT2D eigenvalue weighted by Gasteiger charge is -2.08. The number of nitrogens with zero attached hydrogens (tertiary/aromatic N) is 3. The minimum absolute atomic E-state index is 0.112. The van der Waals surface area contributed by atoms with Crippen LogP contribution in [0.2, 0.25) is 0 Å². The Morgan fingerprint density at radius 2 is 1.81 bits per heavy atom. The van der Waals surface area contributed by atoms with Crippen LogP contribution in [0.25, 0.3) is 10.9 Å². The van der Waals surface area contributed by atoms with E-state index in [9.17, 15) is 9.50 Å². The van der Waals surface area contributed by atoms with Gasteiger partial charge >= 0.3 is 0 Å². The highest BCUT2D eigenvalue weighted by Gasteiger charge is 2.18. The highest BCUT2D eigenvalue weighted by atomic mass is 79.9. The van der Waals surface area contributed by atoms with Crippen LogP contribution in [0.4, 0.5) is 15.8 Å². The average Bonchev–Trinajstić information content (AvgIpc) is 2.97. The van der Waals surface area contributed by atoms with Gasteiger partial charge in [0.05, 0.1) is 12.1 Å². The lowest BCUT2D eigenvalue weighted by Crippen LogP contribution is -2.05. The van der Waals surface area contributed by atoms with Gasteiger partial charge in [0, 0.05) is 21.1 Å². The van der Waals surface area contributed by atoms with E-state index < -0.39 is 0 Å². The van der Waals surface area contributed by atoms with Crippen molar-refractivity contribution in [3.8, 4) is 5.88 Å². The van der Waals surface area contributed by atoms with Crippen molar-refractivity contribution in [2.75, 3.05) is 5.32 Å². The number of hydrogen-bond acceptors (Lipinski definition) is 3. The lowest BCUT2D eigenvalue weighted by molar-refractivity contribution is 0.428. The van der Waals surface area contributed by atoms with Crippen molar-refractivity contribution in [2.24, 2.45) is 10.2 Å². The van der Waals surface area contributed by atoms with E-state index in [-0.39, 0.29) is 29.0 Å². The van der Waals surface area contributed by atoms with Crippen LogP contribution in [0, 0.1) is 19.7 Å². The third-order valence-electron chi connectivity index (χ3n) is 4.97. The van der Waals surface area contributed by atoms with E-state index in [4.69, 9.17) is 12.2 Å². The normalized spacial score (nSPS) is 11.4. The number of aromatic hydroxyl groups is 1. The number of aromatic nitrogens is 1. The fourth-order valence-corrected chi connectivity index (χ4v) is 4.16. The molecule has 2 N–H and O–H groups in total. The van der Waals surface area contributed by atoms with Crippen LogP contribution < -0.4 is 5.32 Å². The Morgan fingerprint density at radius 3 is 2.53 bits per heavy atom. The third kappa shape index (κ3) is 4.71. The first kappa shape index (κ1) is 22.1. The predicted molar refractivity (Wildman–Crippen MR) is 133 cm³/mol. The molecule has 0 fully saturated rings. The van der Waals surface area contributed by atoms with Crippen molar-refractivity contribution in [3.05, 3.63) is 87.6 Å². The summed E-state index contributed by atoms with van der Waals surface area (Å²) in [4.78, 5) is 0. The lowest BCUT2D eigenvalue weighted by atomic mass is 10.1. The molecule has 0 aliphatic heterocycles. The molecule has 0 saturated carbocycles. The summed E-state index contributed by atoms with van der Waals surface area (Å²) >= 11 is 8.78. The first-order valence-electron chi connectivity index (χ1n) is 9.87. The molecule has 32 heavy (non-hydrogen) atoms. The van der Waals surface area contributed by atoms with Gasteiger partial charge in [-0.1, -0.05) is 40.2 Å². The number of hydrogen-bond donors (Lipinski definition) is 2. The molecule has 0 saturated heterocycles. The van der Waals surface area contributed by atoms with E-state index in [1.54, 1.807) is 22.8 Å². The van der Waals surface area contributed by atoms with Crippen LogP contribution in [0.5, 0.6) is 5.88 Å². The van der Waals surface area contributed by atoms with E-state index in [2.05, 4.69) is 37.5 Å². The Morgan fingerprint density at radius 1 is 1.09 bits per heavy atom. The zero-order valence-corrected chi connectivity index (χ0v) is 19.8. The number of benzene rings is 3. The number of thiocarbonyl (C=S) groups is 1. The molecular weight excluding hydrogens is 491 g/mol. The first-order chi connectivity index (χ1) is 15.3. The molecule has 0 atom stereocenters. The van der Waals surface area contributed by atoms with Crippen molar-refractivity contribution in [3.63, 3.8) is 0 Å². The summed E-state index contributed by atoms with van der Waals surface area (Å²) in [5, 5.41) is 23.2. The zero-order chi connectivity index (χ0) is 22.8. The molecule has 3 aromatic carbocycles. The second-order valence-corrected chi connectivity index (χ2v) is 8.82. The molecule has 4 rings (SSSR count). The van der Waals surface area contributed by atoms with Crippen LogP contribution in [0.1, 0.15) is 16.7 Å². The van der Waals surface area contributed by atoms with Crippen molar-refractivity contribution >= 4 is 55.5 Å². The fraction of sp³-hybridized carbons (Fsp3) is 0.125. The molecule has 0 aliphatic rings. The molecule has 4 aromatic rings. The van der Waals surface area contributed by atoms with Crippen molar-refractivity contribution in [1.29, 1.82) is 0 Å². The van der Waals surface area contributed by atoms with Gasteiger partial charge in [-0.2, -0.15) is 0 Å². The molecule has 0 aliphatic carbocycles. The SMILES string of the molecule is Cc1cc(C)cc(NC(=S)N=Nc2c(O)n(Cc3ccccc3F)c3ccc(Br)cc23)c1. The van der Waals surface area contributed by atoms with Gasteiger partial charge in [0.15, 0.2) is 5.69 Å². The van der Waals surface area contributed by atoms with Crippen molar-refractivity contribution in [2.45, 2.75) is 20.4 Å². The molecule has 0 bridgehead atoms. The summed E-state index contributed by atoms with van der Waals surface area (Å²) < 4.78 is 16.7.